The fourth-order valence-electron chi connectivity index (χ4n) is 4.17. The van der Waals surface area contributed by atoms with Crippen LogP contribution in [0.3, 0.4) is 0 Å². The molecule has 0 radical (unpaired) electrons. The minimum atomic E-state index is 0.0574. The molecule has 0 bridgehead atoms. The highest BCUT2D eigenvalue weighted by atomic mass is 16.2. The van der Waals surface area contributed by atoms with Gasteiger partial charge in [-0.15, -0.1) is 0 Å². The quantitative estimate of drug-likeness (QED) is 0.857. The molecule has 2 saturated carbocycles. The van der Waals surface area contributed by atoms with E-state index in [9.17, 15) is 4.79 Å². The van der Waals surface area contributed by atoms with Crippen molar-refractivity contribution in [2.75, 3.05) is 0 Å². The van der Waals surface area contributed by atoms with Crippen molar-refractivity contribution in [3.63, 3.8) is 0 Å². The smallest absolute Gasteiger partial charge is 0.241 e. The van der Waals surface area contributed by atoms with Gasteiger partial charge in [-0.05, 0) is 36.5 Å². The molecule has 0 aromatic carbocycles. The Morgan fingerprint density at radius 1 is 1.35 bits per heavy atom. The summed E-state index contributed by atoms with van der Waals surface area (Å²) in [6.45, 7) is 9.00. The third-order valence-electron chi connectivity index (χ3n) is 6.03. The van der Waals surface area contributed by atoms with Gasteiger partial charge in [-0.25, -0.2) is 0 Å². The van der Waals surface area contributed by atoms with E-state index in [1.54, 1.807) is 0 Å². The lowest BCUT2D eigenvalue weighted by molar-refractivity contribution is -0.132. The standard InChI is InChI=1S/C17H30N2O/c1-5-11(2)14-16(20)19(13-10-17(13,3)4)15(18-14)12-8-6-7-9-12/h11-15,18H,5-10H2,1-4H3. The van der Waals surface area contributed by atoms with E-state index in [4.69, 9.17) is 0 Å². The first-order valence-corrected chi connectivity index (χ1v) is 8.54. The minimum Gasteiger partial charge on any atom is -0.322 e. The van der Waals surface area contributed by atoms with E-state index in [0.717, 1.165) is 6.42 Å². The molecule has 3 heteroatoms. The number of hydrogen-bond acceptors (Lipinski definition) is 2. The fraction of sp³-hybridized carbons (Fsp3) is 0.941. The molecule has 0 spiro atoms. The van der Waals surface area contributed by atoms with Crippen LogP contribution in [0.2, 0.25) is 0 Å². The van der Waals surface area contributed by atoms with E-state index >= 15 is 0 Å². The fourth-order valence-corrected chi connectivity index (χ4v) is 4.17. The summed E-state index contributed by atoms with van der Waals surface area (Å²) in [7, 11) is 0. The highest BCUT2D eigenvalue weighted by Gasteiger charge is 2.57. The molecule has 3 rings (SSSR count). The first-order valence-electron chi connectivity index (χ1n) is 8.54. The van der Waals surface area contributed by atoms with Crippen molar-refractivity contribution in [3.8, 4) is 0 Å². The third kappa shape index (κ3) is 2.28. The van der Waals surface area contributed by atoms with Crippen LogP contribution in [0.4, 0.5) is 0 Å². The van der Waals surface area contributed by atoms with Crippen molar-refractivity contribution in [2.45, 2.75) is 84.5 Å². The zero-order valence-electron chi connectivity index (χ0n) is 13.5. The number of nitrogens with one attached hydrogen (secondary N) is 1. The van der Waals surface area contributed by atoms with Gasteiger partial charge >= 0.3 is 0 Å². The summed E-state index contributed by atoms with van der Waals surface area (Å²) in [6, 6.07) is 0.532. The summed E-state index contributed by atoms with van der Waals surface area (Å²) in [5.41, 5.74) is 0.332. The van der Waals surface area contributed by atoms with Crippen LogP contribution >= 0.6 is 0 Å². The summed E-state index contributed by atoms with van der Waals surface area (Å²) < 4.78 is 0. The summed E-state index contributed by atoms with van der Waals surface area (Å²) in [6.07, 6.45) is 7.83. The molecule has 3 fully saturated rings. The molecule has 1 saturated heterocycles. The Morgan fingerprint density at radius 3 is 2.45 bits per heavy atom. The SMILES string of the molecule is CCC(C)C1NC(C2CCCC2)N(C2CC2(C)C)C1=O. The van der Waals surface area contributed by atoms with E-state index in [1.807, 2.05) is 0 Å². The Bertz CT molecular complexity index is 386. The molecule has 2 aliphatic carbocycles. The van der Waals surface area contributed by atoms with Crippen molar-refractivity contribution < 1.29 is 4.79 Å². The van der Waals surface area contributed by atoms with Gasteiger partial charge in [0.2, 0.25) is 5.91 Å². The van der Waals surface area contributed by atoms with Crippen LogP contribution in [-0.4, -0.2) is 29.1 Å². The Kier molecular flexibility index (Phi) is 3.60. The molecule has 1 amide bonds. The maximum atomic E-state index is 12.9. The van der Waals surface area contributed by atoms with Gasteiger partial charge in [0.15, 0.2) is 0 Å². The molecule has 1 N–H and O–H groups in total. The van der Waals surface area contributed by atoms with Crippen molar-refractivity contribution in [2.24, 2.45) is 17.3 Å². The predicted molar refractivity (Wildman–Crippen MR) is 81.2 cm³/mol. The van der Waals surface area contributed by atoms with Crippen molar-refractivity contribution in [1.29, 1.82) is 0 Å². The molecular formula is C17H30N2O. The molecular weight excluding hydrogens is 248 g/mol. The van der Waals surface area contributed by atoms with Crippen LogP contribution < -0.4 is 5.32 Å². The van der Waals surface area contributed by atoms with E-state index in [0.29, 0.717) is 35.4 Å². The number of carbonyl (C=O) groups is 1. The second kappa shape index (κ2) is 5.01. The van der Waals surface area contributed by atoms with Crippen LogP contribution in [-0.2, 0) is 4.79 Å². The Morgan fingerprint density at radius 2 is 1.95 bits per heavy atom. The lowest BCUT2D eigenvalue weighted by Gasteiger charge is -2.30. The van der Waals surface area contributed by atoms with Gasteiger partial charge in [0.1, 0.15) is 0 Å². The Labute approximate surface area is 123 Å². The van der Waals surface area contributed by atoms with Crippen molar-refractivity contribution >= 4 is 5.91 Å². The molecule has 0 aromatic rings. The molecule has 1 heterocycles. The molecule has 3 aliphatic rings. The number of carbonyl (C=O) groups excluding carboxylic acids is 1. The molecule has 1 aliphatic heterocycles. The lowest BCUT2D eigenvalue weighted by atomic mass is 9.99. The summed E-state index contributed by atoms with van der Waals surface area (Å²) in [5.74, 6) is 1.51. The number of amides is 1. The Hall–Kier alpha value is -0.570. The topological polar surface area (TPSA) is 32.3 Å². The van der Waals surface area contributed by atoms with Gasteiger partial charge in [-0.3, -0.25) is 10.1 Å². The molecule has 114 valence electrons. The predicted octanol–water partition coefficient (Wildman–Crippen LogP) is 3.15. The van der Waals surface area contributed by atoms with E-state index in [1.165, 1.54) is 32.1 Å². The van der Waals surface area contributed by atoms with E-state index < -0.39 is 0 Å². The van der Waals surface area contributed by atoms with Crippen molar-refractivity contribution in [3.05, 3.63) is 0 Å². The van der Waals surface area contributed by atoms with Crippen LogP contribution in [0, 0.1) is 17.3 Å². The maximum Gasteiger partial charge on any atom is 0.241 e. The number of rotatable bonds is 4. The normalized spacial score (nSPS) is 38.5. The van der Waals surface area contributed by atoms with Crippen LogP contribution in [0.25, 0.3) is 0 Å². The maximum absolute atomic E-state index is 12.9. The number of nitrogens with zero attached hydrogens (tertiary/aromatic N) is 1. The first-order chi connectivity index (χ1) is 9.45. The molecule has 4 atom stereocenters. The average molecular weight is 278 g/mol. The van der Waals surface area contributed by atoms with Gasteiger partial charge in [0.25, 0.3) is 0 Å². The van der Waals surface area contributed by atoms with Crippen LogP contribution in [0.15, 0.2) is 0 Å². The summed E-state index contributed by atoms with van der Waals surface area (Å²) >= 11 is 0. The average Bonchev–Trinajstić information content (AvgIpc) is 2.84. The molecule has 0 aromatic heterocycles. The molecule has 4 unspecified atom stereocenters. The van der Waals surface area contributed by atoms with Crippen molar-refractivity contribution in [1.82, 2.24) is 10.2 Å². The lowest BCUT2D eigenvalue weighted by Crippen LogP contribution is -2.45. The highest BCUT2D eigenvalue weighted by Crippen LogP contribution is 2.51. The zero-order chi connectivity index (χ0) is 14.5. The second-order valence-corrected chi connectivity index (χ2v) is 7.97. The molecule has 3 nitrogen and oxygen atoms in total. The largest absolute Gasteiger partial charge is 0.322 e. The van der Waals surface area contributed by atoms with Gasteiger partial charge in [-0.2, -0.15) is 0 Å². The van der Waals surface area contributed by atoms with Crippen LogP contribution in [0.1, 0.15) is 66.2 Å². The Balaban J connectivity index is 1.81. The second-order valence-electron chi connectivity index (χ2n) is 7.97. The monoisotopic (exact) mass is 278 g/mol. The van der Waals surface area contributed by atoms with E-state index in [2.05, 4.69) is 37.9 Å². The number of hydrogen-bond donors (Lipinski definition) is 1. The molecule has 20 heavy (non-hydrogen) atoms. The highest BCUT2D eigenvalue weighted by molar-refractivity contribution is 5.85. The van der Waals surface area contributed by atoms with Gasteiger partial charge in [0, 0.05) is 6.04 Å². The third-order valence-corrected chi connectivity index (χ3v) is 6.03. The minimum absolute atomic E-state index is 0.0574. The first kappa shape index (κ1) is 14.4. The van der Waals surface area contributed by atoms with Gasteiger partial charge in [-0.1, -0.05) is 47.0 Å². The zero-order valence-corrected chi connectivity index (χ0v) is 13.5. The van der Waals surface area contributed by atoms with Gasteiger partial charge in [0.05, 0.1) is 12.2 Å². The van der Waals surface area contributed by atoms with E-state index in [-0.39, 0.29) is 6.04 Å². The summed E-state index contributed by atoms with van der Waals surface area (Å²) in [5, 5.41) is 3.72. The van der Waals surface area contributed by atoms with Crippen LogP contribution in [0.5, 0.6) is 0 Å². The summed E-state index contributed by atoms with van der Waals surface area (Å²) in [4.78, 5) is 15.2. The van der Waals surface area contributed by atoms with Gasteiger partial charge < -0.3 is 4.90 Å².